The van der Waals surface area contributed by atoms with Crippen molar-refractivity contribution in [3.63, 3.8) is 0 Å². The van der Waals surface area contributed by atoms with Crippen molar-refractivity contribution in [3.05, 3.63) is 29.3 Å². The Labute approximate surface area is 104 Å². The topological polar surface area (TPSA) is 32.3 Å². The molecule has 3 nitrogen and oxygen atoms in total. The first-order valence-corrected chi connectivity index (χ1v) is 6.06. The zero-order chi connectivity index (χ0) is 13.0. The molecule has 1 rings (SSSR count). The molecule has 0 saturated heterocycles. The number of hydrogen-bond acceptors (Lipinski definition) is 2. The van der Waals surface area contributed by atoms with E-state index in [2.05, 4.69) is 19.2 Å². The molecular formula is C14H22N2O. The average molecular weight is 234 g/mol. The van der Waals surface area contributed by atoms with Crippen LogP contribution in [0.5, 0.6) is 0 Å². The highest BCUT2D eigenvalue weighted by Gasteiger charge is 2.18. The Balaban J connectivity index is 3.06. The first-order chi connectivity index (χ1) is 8.01. The number of hydrogen-bond donors (Lipinski definition) is 1. The fourth-order valence-electron chi connectivity index (χ4n) is 1.72. The molecule has 0 aliphatic rings. The molecular weight excluding hydrogens is 212 g/mol. The standard InChI is InChI=1S/C14H22N2O/c1-6-11(3)16(5)14(17)12-9-10(2)7-8-13(12)15-4/h7-9,11,15H,6H2,1-5H3. The summed E-state index contributed by atoms with van der Waals surface area (Å²) in [6.45, 7) is 6.15. The van der Waals surface area contributed by atoms with Gasteiger partial charge in [-0.1, -0.05) is 18.6 Å². The zero-order valence-corrected chi connectivity index (χ0v) is 11.4. The van der Waals surface area contributed by atoms with Crippen molar-refractivity contribution in [2.45, 2.75) is 33.2 Å². The van der Waals surface area contributed by atoms with Crippen LogP contribution in [0.4, 0.5) is 5.69 Å². The lowest BCUT2D eigenvalue weighted by atomic mass is 10.1. The van der Waals surface area contributed by atoms with Crippen LogP contribution in [0.15, 0.2) is 18.2 Å². The average Bonchev–Trinajstić information content (AvgIpc) is 2.35. The van der Waals surface area contributed by atoms with E-state index in [0.29, 0.717) is 0 Å². The van der Waals surface area contributed by atoms with Crippen LogP contribution in [-0.4, -0.2) is 30.9 Å². The van der Waals surface area contributed by atoms with Gasteiger partial charge in [-0.25, -0.2) is 0 Å². The molecule has 1 aromatic rings. The number of carbonyl (C=O) groups is 1. The second kappa shape index (κ2) is 5.71. The fraction of sp³-hybridized carbons (Fsp3) is 0.500. The number of nitrogens with zero attached hydrogens (tertiary/aromatic N) is 1. The molecule has 0 aliphatic heterocycles. The van der Waals surface area contributed by atoms with Crippen LogP contribution in [0.25, 0.3) is 0 Å². The minimum atomic E-state index is 0.0763. The van der Waals surface area contributed by atoms with E-state index < -0.39 is 0 Å². The summed E-state index contributed by atoms with van der Waals surface area (Å²) in [6, 6.07) is 6.15. The molecule has 1 N–H and O–H groups in total. The third-order valence-corrected chi connectivity index (χ3v) is 3.25. The van der Waals surface area contributed by atoms with E-state index in [4.69, 9.17) is 0 Å². The molecule has 1 amide bonds. The molecule has 1 aromatic carbocycles. The summed E-state index contributed by atoms with van der Waals surface area (Å²) in [5.74, 6) is 0.0763. The van der Waals surface area contributed by atoms with E-state index in [1.165, 1.54) is 0 Å². The van der Waals surface area contributed by atoms with Crippen molar-refractivity contribution < 1.29 is 4.79 Å². The van der Waals surface area contributed by atoms with Crippen molar-refractivity contribution in [3.8, 4) is 0 Å². The smallest absolute Gasteiger partial charge is 0.255 e. The summed E-state index contributed by atoms with van der Waals surface area (Å²) < 4.78 is 0. The molecule has 1 atom stereocenters. The molecule has 0 aromatic heterocycles. The van der Waals surface area contributed by atoms with E-state index in [0.717, 1.165) is 23.2 Å². The van der Waals surface area contributed by atoms with Gasteiger partial charge in [-0.2, -0.15) is 0 Å². The molecule has 0 radical (unpaired) electrons. The zero-order valence-electron chi connectivity index (χ0n) is 11.4. The van der Waals surface area contributed by atoms with Crippen LogP contribution in [0.3, 0.4) is 0 Å². The molecule has 0 bridgehead atoms. The van der Waals surface area contributed by atoms with Gasteiger partial charge in [0.25, 0.3) is 5.91 Å². The maximum Gasteiger partial charge on any atom is 0.255 e. The van der Waals surface area contributed by atoms with Crippen molar-refractivity contribution in [1.82, 2.24) is 4.90 Å². The monoisotopic (exact) mass is 234 g/mol. The van der Waals surface area contributed by atoms with Gasteiger partial charge < -0.3 is 10.2 Å². The van der Waals surface area contributed by atoms with Crippen LogP contribution in [0.2, 0.25) is 0 Å². The molecule has 1 unspecified atom stereocenters. The van der Waals surface area contributed by atoms with E-state index in [-0.39, 0.29) is 11.9 Å². The lowest BCUT2D eigenvalue weighted by Crippen LogP contribution is -2.35. The van der Waals surface area contributed by atoms with Gasteiger partial charge in [0.15, 0.2) is 0 Å². The van der Waals surface area contributed by atoms with E-state index in [1.807, 2.05) is 39.2 Å². The summed E-state index contributed by atoms with van der Waals surface area (Å²) in [6.07, 6.45) is 0.961. The van der Waals surface area contributed by atoms with Crippen LogP contribution >= 0.6 is 0 Å². The molecule has 3 heteroatoms. The third kappa shape index (κ3) is 2.99. The van der Waals surface area contributed by atoms with Gasteiger partial charge in [0.05, 0.1) is 5.56 Å². The summed E-state index contributed by atoms with van der Waals surface area (Å²) >= 11 is 0. The minimum absolute atomic E-state index is 0.0763. The van der Waals surface area contributed by atoms with Crippen LogP contribution in [0, 0.1) is 6.92 Å². The summed E-state index contributed by atoms with van der Waals surface area (Å²) in [4.78, 5) is 14.2. The number of anilines is 1. The maximum atomic E-state index is 12.4. The number of amides is 1. The first kappa shape index (κ1) is 13.6. The second-order valence-corrected chi connectivity index (χ2v) is 4.47. The van der Waals surface area contributed by atoms with Gasteiger partial charge >= 0.3 is 0 Å². The predicted molar refractivity (Wildman–Crippen MR) is 72.6 cm³/mol. The molecule has 0 aliphatic carbocycles. The van der Waals surface area contributed by atoms with Gasteiger partial charge in [-0.15, -0.1) is 0 Å². The fourth-order valence-corrected chi connectivity index (χ4v) is 1.72. The first-order valence-electron chi connectivity index (χ1n) is 6.06. The van der Waals surface area contributed by atoms with Crippen molar-refractivity contribution in [2.24, 2.45) is 0 Å². The molecule has 0 saturated carbocycles. The van der Waals surface area contributed by atoms with E-state index in [1.54, 1.807) is 4.90 Å². The predicted octanol–water partition coefficient (Wildman–Crippen LogP) is 2.91. The van der Waals surface area contributed by atoms with Gasteiger partial charge in [0, 0.05) is 25.8 Å². The Morgan fingerprint density at radius 2 is 2.12 bits per heavy atom. The normalized spacial score (nSPS) is 12.1. The van der Waals surface area contributed by atoms with Crippen molar-refractivity contribution in [1.29, 1.82) is 0 Å². The number of benzene rings is 1. The van der Waals surface area contributed by atoms with Gasteiger partial charge in [0.2, 0.25) is 0 Å². The van der Waals surface area contributed by atoms with Crippen LogP contribution in [-0.2, 0) is 0 Å². The molecule has 0 heterocycles. The van der Waals surface area contributed by atoms with Crippen LogP contribution < -0.4 is 5.32 Å². The molecule has 94 valence electrons. The molecule has 0 fully saturated rings. The number of aryl methyl sites for hydroxylation is 1. The number of rotatable bonds is 4. The largest absolute Gasteiger partial charge is 0.387 e. The summed E-state index contributed by atoms with van der Waals surface area (Å²) in [5, 5.41) is 3.07. The lowest BCUT2D eigenvalue weighted by molar-refractivity contribution is 0.0741. The van der Waals surface area contributed by atoms with Gasteiger partial charge in [0.1, 0.15) is 0 Å². The van der Waals surface area contributed by atoms with Crippen LogP contribution in [0.1, 0.15) is 36.2 Å². The number of nitrogens with one attached hydrogen (secondary N) is 1. The van der Waals surface area contributed by atoms with E-state index >= 15 is 0 Å². The van der Waals surface area contributed by atoms with Gasteiger partial charge in [-0.05, 0) is 32.4 Å². The number of carbonyl (C=O) groups excluding carboxylic acids is 1. The molecule has 17 heavy (non-hydrogen) atoms. The summed E-state index contributed by atoms with van der Waals surface area (Å²) in [5.41, 5.74) is 2.73. The highest BCUT2D eigenvalue weighted by molar-refractivity contribution is 5.99. The second-order valence-electron chi connectivity index (χ2n) is 4.47. The maximum absolute atomic E-state index is 12.4. The minimum Gasteiger partial charge on any atom is -0.387 e. The van der Waals surface area contributed by atoms with E-state index in [9.17, 15) is 4.79 Å². The Morgan fingerprint density at radius 3 is 2.65 bits per heavy atom. The Hall–Kier alpha value is -1.51. The highest BCUT2D eigenvalue weighted by atomic mass is 16.2. The molecule has 0 spiro atoms. The third-order valence-electron chi connectivity index (χ3n) is 3.25. The van der Waals surface area contributed by atoms with Crippen molar-refractivity contribution >= 4 is 11.6 Å². The van der Waals surface area contributed by atoms with Gasteiger partial charge in [-0.3, -0.25) is 4.79 Å². The Bertz CT molecular complexity index is 401. The Morgan fingerprint density at radius 1 is 1.47 bits per heavy atom. The Kier molecular flexibility index (Phi) is 4.55. The quantitative estimate of drug-likeness (QED) is 0.868. The SMILES string of the molecule is CCC(C)N(C)C(=O)c1cc(C)ccc1NC. The van der Waals surface area contributed by atoms with Crippen molar-refractivity contribution in [2.75, 3.05) is 19.4 Å². The summed E-state index contributed by atoms with van der Waals surface area (Å²) in [7, 11) is 3.70. The lowest BCUT2D eigenvalue weighted by Gasteiger charge is -2.25. The highest BCUT2D eigenvalue weighted by Crippen LogP contribution is 2.19.